The Hall–Kier alpha value is -1.37. The molecule has 2 saturated carbocycles. The number of halogens is 1. The lowest BCUT2D eigenvalue weighted by molar-refractivity contribution is 0.0408. The molecule has 0 unspecified atom stereocenters. The van der Waals surface area contributed by atoms with Crippen molar-refractivity contribution >= 4 is 5.57 Å². The fourth-order valence-corrected chi connectivity index (χ4v) is 7.86. The van der Waals surface area contributed by atoms with Gasteiger partial charge in [0.25, 0.3) is 0 Å². The lowest BCUT2D eigenvalue weighted by Crippen LogP contribution is -2.41. The van der Waals surface area contributed by atoms with Crippen molar-refractivity contribution in [2.24, 2.45) is 29.1 Å². The Kier molecular flexibility index (Phi) is 10.1. The van der Waals surface area contributed by atoms with Crippen LogP contribution in [0.3, 0.4) is 0 Å². The Balaban J connectivity index is 1.47. The topological polar surface area (TPSA) is 0 Å². The average Bonchev–Trinajstić information content (AvgIpc) is 2.90. The van der Waals surface area contributed by atoms with Gasteiger partial charge in [0, 0.05) is 17.4 Å². The number of rotatable bonds is 11. The molecule has 3 aliphatic rings. The van der Waals surface area contributed by atoms with E-state index in [4.69, 9.17) is 0 Å². The zero-order chi connectivity index (χ0) is 24.5. The molecular formula is C34H51F. The summed E-state index contributed by atoms with van der Waals surface area (Å²) in [5.41, 5.74) is 1.92. The molecule has 1 heteroatoms. The van der Waals surface area contributed by atoms with Crippen molar-refractivity contribution in [3.05, 3.63) is 53.9 Å². The molecule has 0 aromatic heterocycles. The van der Waals surface area contributed by atoms with Crippen LogP contribution in [0.5, 0.6) is 0 Å². The minimum Gasteiger partial charge on any atom is -0.211 e. The van der Waals surface area contributed by atoms with Crippen LogP contribution in [0.2, 0.25) is 0 Å². The smallest absolute Gasteiger partial charge is 0.109 e. The van der Waals surface area contributed by atoms with Crippen LogP contribution in [0.1, 0.15) is 129 Å². The van der Waals surface area contributed by atoms with Crippen molar-refractivity contribution in [1.29, 1.82) is 0 Å². The van der Waals surface area contributed by atoms with E-state index in [1.165, 1.54) is 103 Å². The Bertz CT molecular complexity index is 772. The molecule has 0 atom stereocenters. The van der Waals surface area contributed by atoms with Crippen LogP contribution in [0.25, 0.3) is 5.57 Å². The van der Waals surface area contributed by atoms with Crippen LogP contribution < -0.4 is 0 Å². The summed E-state index contributed by atoms with van der Waals surface area (Å²) < 4.78 is 15.9. The first-order chi connectivity index (χ1) is 17.2. The Morgan fingerprint density at radius 2 is 1.23 bits per heavy atom. The average molecular weight is 479 g/mol. The van der Waals surface area contributed by atoms with E-state index in [1.54, 1.807) is 0 Å². The number of allylic oxidation sites excluding steroid dienone is 4. The number of benzene rings is 1. The first kappa shape index (κ1) is 26.7. The Morgan fingerprint density at radius 3 is 1.69 bits per heavy atom. The van der Waals surface area contributed by atoms with Crippen molar-refractivity contribution in [2.45, 2.75) is 123 Å². The summed E-state index contributed by atoms with van der Waals surface area (Å²) >= 11 is 0. The Morgan fingerprint density at radius 1 is 0.714 bits per heavy atom. The van der Waals surface area contributed by atoms with Gasteiger partial charge in [-0.15, -0.1) is 0 Å². The van der Waals surface area contributed by atoms with E-state index in [-0.39, 0.29) is 11.2 Å². The maximum absolute atomic E-state index is 15.9. The minimum atomic E-state index is 0.0468. The molecule has 0 saturated heterocycles. The molecule has 3 aliphatic carbocycles. The van der Waals surface area contributed by atoms with E-state index >= 15 is 4.39 Å². The first-order valence-corrected chi connectivity index (χ1v) is 15.3. The molecule has 0 aliphatic heterocycles. The molecule has 0 nitrogen and oxygen atoms in total. The third-order valence-electron chi connectivity index (χ3n) is 10.0. The van der Waals surface area contributed by atoms with E-state index in [2.05, 4.69) is 38.1 Å². The van der Waals surface area contributed by atoms with E-state index in [9.17, 15) is 0 Å². The summed E-state index contributed by atoms with van der Waals surface area (Å²) in [6.45, 7) is 4.61. The number of hydrogen-bond acceptors (Lipinski definition) is 0. The van der Waals surface area contributed by atoms with Crippen molar-refractivity contribution in [2.75, 3.05) is 0 Å². The van der Waals surface area contributed by atoms with Crippen LogP contribution >= 0.6 is 0 Å². The van der Waals surface area contributed by atoms with Gasteiger partial charge >= 0.3 is 0 Å². The van der Waals surface area contributed by atoms with Crippen LogP contribution in [0, 0.1) is 29.1 Å². The van der Waals surface area contributed by atoms with Crippen molar-refractivity contribution < 1.29 is 4.39 Å². The standard InChI is InChI=1S/C34H51F/c1-3-5-8-12-27-16-20-30(21-17-27)34(31-22-18-28(19-23-31)13-9-6-4-2)25-24-32(33(35)26-34)29-14-10-7-11-15-29/h7,10-11,14-15,24-25,27-28,30-31H,3-6,8-9,12-13,16-23,26H2,1-2H3. The second kappa shape index (κ2) is 13.3. The van der Waals surface area contributed by atoms with Gasteiger partial charge in [-0.05, 0) is 54.9 Å². The zero-order valence-corrected chi connectivity index (χ0v) is 22.7. The van der Waals surface area contributed by atoms with Crippen LogP contribution in [-0.2, 0) is 0 Å². The molecule has 1 aromatic carbocycles. The number of hydrogen-bond donors (Lipinski definition) is 0. The molecule has 0 N–H and O–H groups in total. The SMILES string of the molecule is CCCCCC1CCC(C2(C3CCC(CCCCC)CC3)C=CC(c3ccccc3)=C(F)C2)CC1. The summed E-state index contributed by atoms with van der Waals surface area (Å²) in [6.07, 6.45) is 27.1. The van der Waals surface area contributed by atoms with Crippen LogP contribution in [-0.4, -0.2) is 0 Å². The lowest BCUT2D eigenvalue weighted by Gasteiger charge is -2.50. The van der Waals surface area contributed by atoms with Gasteiger partial charge in [-0.2, -0.15) is 0 Å². The third-order valence-corrected chi connectivity index (χ3v) is 10.0. The summed E-state index contributed by atoms with van der Waals surface area (Å²) in [7, 11) is 0. The highest BCUT2D eigenvalue weighted by molar-refractivity contribution is 5.77. The van der Waals surface area contributed by atoms with E-state index in [0.717, 1.165) is 23.0 Å². The predicted octanol–water partition coefficient (Wildman–Crippen LogP) is 11.1. The molecule has 0 bridgehead atoms. The van der Waals surface area contributed by atoms with Gasteiger partial charge in [0.1, 0.15) is 5.83 Å². The fourth-order valence-electron chi connectivity index (χ4n) is 7.86. The van der Waals surface area contributed by atoms with Crippen molar-refractivity contribution in [3.8, 4) is 0 Å². The summed E-state index contributed by atoms with van der Waals surface area (Å²) in [5, 5.41) is 0. The highest BCUT2D eigenvalue weighted by Crippen LogP contribution is 2.57. The molecule has 1 aromatic rings. The number of unbranched alkanes of at least 4 members (excludes halogenated alkanes) is 4. The largest absolute Gasteiger partial charge is 0.211 e. The molecule has 0 radical (unpaired) electrons. The van der Waals surface area contributed by atoms with Gasteiger partial charge in [-0.1, -0.05) is 133 Å². The second-order valence-corrected chi connectivity index (χ2v) is 12.2. The monoisotopic (exact) mass is 478 g/mol. The van der Waals surface area contributed by atoms with Crippen molar-refractivity contribution in [1.82, 2.24) is 0 Å². The predicted molar refractivity (Wildman–Crippen MR) is 150 cm³/mol. The molecule has 4 rings (SSSR count). The van der Waals surface area contributed by atoms with Gasteiger partial charge in [0.2, 0.25) is 0 Å². The highest BCUT2D eigenvalue weighted by Gasteiger charge is 2.47. The van der Waals surface area contributed by atoms with Gasteiger partial charge < -0.3 is 0 Å². The zero-order valence-electron chi connectivity index (χ0n) is 22.7. The molecule has 0 spiro atoms. The Labute approximate surface area is 215 Å². The van der Waals surface area contributed by atoms with Gasteiger partial charge in [0.15, 0.2) is 0 Å². The molecule has 0 heterocycles. The maximum Gasteiger partial charge on any atom is 0.109 e. The molecular weight excluding hydrogens is 427 g/mol. The molecule has 194 valence electrons. The van der Waals surface area contributed by atoms with Gasteiger partial charge in [-0.25, -0.2) is 4.39 Å². The molecule has 35 heavy (non-hydrogen) atoms. The normalized spacial score (nSPS) is 31.6. The third kappa shape index (κ3) is 6.69. The highest BCUT2D eigenvalue weighted by atomic mass is 19.1. The first-order valence-electron chi connectivity index (χ1n) is 15.3. The molecule has 2 fully saturated rings. The maximum atomic E-state index is 15.9. The van der Waals surface area contributed by atoms with Gasteiger partial charge in [0.05, 0.1) is 0 Å². The summed E-state index contributed by atoms with van der Waals surface area (Å²) in [4.78, 5) is 0. The summed E-state index contributed by atoms with van der Waals surface area (Å²) in [6, 6.07) is 10.2. The van der Waals surface area contributed by atoms with Crippen LogP contribution in [0.4, 0.5) is 4.39 Å². The quantitative estimate of drug-likeness (QED) is 0.277. The van der Waals surface area contributed by atoms with E-state index in [1.807, 2.05) is 18.2 Å². The van der Waals surface area contributed by atoms with E-state index < -0.39 is 0 Å². The van der Waals surface area contributed by atoms with Gasteiger partial charge in [-0.3, -0.25) is 0 Å². The van der Waals surface area contributed by atoms with Crippen LogP contribution in [0.15, 0.2) is 48.3 Å². The second-order valence-electron chi connectivity index (χ2n) is 12.2. The molecule has 0 amide bonds. The summed E-state index contributed by atoms with van der Waals surface area (Å²) in [5.74, 6) is 3.29. The minimum absolute atomic E-state index is 0.0468. The van der Waals surface area contributed by atoms with Crippen molar-refractivity contribution in [3.63, 3.8) is 0 Å². The van der Waals surface area contributed by atoms with E-state index in [0.29, 0.717) is 18.3 Å². The fraction of sp³-hybridized carbons (Fsp3) is 0.706. The lowest BCUT2D eigenvalue weighted by atomic mass is 9.54.